The Kier molecular flexibility index (Phi) is 4.79. The zero-order chi connectivity index (χ0) is 21.1. The van der Waals surface area contributed by atoms with Gasteiger partial charge in [0.15, 0.2) is 6.10 Å². The second kappa shape index (κ2) is 6.39. The fourth-order valence-electron chi connectivity index (χ4n) is 5.98. The van der Waals surface area contributed by atoms with E-state index >= 15 is 0 Å². The third-order valence-corrected chi connectivity index (χ3v) is 6.43. The first-order valence-electron chi connectivity index (χ1n) is 9.71. The van der Waals surface area contributed by atoms with Gasteiger partial charge in [-0.25, -0.2) is 4.79 Å². The summed E-state index contributed by atoms with van der Waals surface area (Å²) in [5.41, 5.74) is -3.02. The lowest BCUT2D eigenvalue weighted by atomic mass is 9.48. The highest BCUT2D eigenvalue weighted by atomic mass is 19.3. The molecule has 3 unspecified atom stereocenters. The molecule has 8 heteroatoms. The molecule has 3 atom stereocenters. The van der Waals surface area contributed by atoms with Crippen LogP contribution >= 0.6 is 0 Å². The quantitative estimate of drug-likeness (QED) is 0.707. The van der Waals surface area contributed by atoms with E-state index in [1.54, 1.807) is 0 Å². The molecule has 0 aromatic heterocycles. The molecule has 0 spiro atoms. The molecule has 158 valence electrons. The van der Waals surface area contributed by atoms with Crippen LogP contribution in [0.1, 0.15) is 66.2 Å². The van der Waals surface area contributed by atoms with Crippen molar-refractivity contribution in [3.05, 3.63) is 0 Å². The molecule has 4 fully saturated rings. The Bertz CT molecular complexity index is 681. The summed E-state index contributed by atoms with van der Waals surface area (Å²) in [6, 6.07) is 0. The summed E-state index contributed by atoms with van der Waals surface area (Å²) in [5, 5.41) is 8.96. The fourth-order valence-corrected chi connectivity index (χ4v) is 5.98. The Labute approximate surface area is 162 Å². The predicted octanol–water partition coefficient (Wildman–Crippen LogP) is 3.57. The van der Waals surface area contributed by atoms with Gasteiger partial charge in [0.1, 0.15) is 5.60 Å². The number of carbonyl (C=O) groups is 3. The smallest absolute Gasteiger partial charge is 0.379 e. The third kappa shape index (κ3) is 3.50. The number of carboxylic acid groups (broad SMARTS) is 1. The van der Waals surface area contributed by atoms with Gasteiger partial charge in [-0.05, 0) is 43.9 Å². The monoisotopic (exact) mass is 402 g/mol. The first-order valence-corrected chi connectivity index (χ1v) is 9.71. The number of aliphatic carboxylic acids is 1. The SMILES string of the molecule is CC(=O)OC12CC3CC(C1)CC(C(=O)OC(C(C)(C)C)C(F)(F)C(=O)O)(C3)C2. The first-order chi connectivity index (χ1) is 12.7. The van der Waals surface area contributed by atoms with Crippen molar-refractivity contribution in [3.63, 3.8) is 0 Å². The Morgan fingerprint density at radius 1 is 1.07 bits per heavy atom. The fraction of sp³-hybridized carbons (Fsp3) is 0.850. The van der Waals surface area contributed by atoms with Gasteiger partial charge in [-0.2, -0.15) is 8.78 Å². The molecule has 0 aliphatic heterocycles. The van der Waals surface area contributed by atoms with Gasteiger partial charge < -0.3 is 14.6 Å². The van der Waals surface area contributed by atoms with E-state index in [0.717, 1.165) is 6.42 Å². The molecule has 0 aromatic rings. The number of carboxylic acids is 1. The van der Waals surface area contributed by atoms with E-state index in [1.807, 2.05) is 0 Å². The Morgan fingerprint density at radius 2 is 1.61 bits per heavy atom. The van der Waals surface area contributed by atoms with Crippen LogP contribution in [0.25, 0.3) is 0 Å². The Balaban J connectivity index is 1.89. The highest BCUT2D eigenvalue weighted by molar-refractivity contribution is 5.80. The van der Waals surface area contributed by atoms with Gasteiger partial charge in [-0.1, -0.05) is 20.8 Å². The molecule has 28 heavy (non-hydrogen) atoms. The minimum absolute atomic E-state index is 0.168. The van der Waals surface area contributed by atoms with E-state index < -0.39 is 46.4 Å². The van der Waals surface area contributed by atoms with Crippen LogP contribution in [0.5, 0.6) is 0 Å². The first kappa shape index (κ1) is 21.0. The number of rotatable bonds is 5. The van der Waals surface area contributed by atoms with Crippen LogP contribution in [0.4, 0.5) is 8.78 Å². The minimum atomic E-state index is -4.20. The molecule has 0 aromatic carbocycles. The van der Waals surface area contributed by atoms with Gasteiger partial charge in [0.2, 0.25) is 0 Å². The van der Waals surface area contributed by atoms with Crippen molar-refractivity contribution in [2.45, 2.75) is 83.8 Å². The standard InChI is InChI=1S/C20H28F2O6/c1-11(23)28-19-8-12-5-13(9-19)7-18(6-12,10-19)16(26)27-14(17(2,3)4)20(21,22)15(24)25/h12-14H,5-10H2,1-4H3,(H,24,25). The highest BCUT2D eigenvalue weighted by Gasteiger charge is 2.64. The van der Waals surface area contributed by atoms with Crippen LogP contribution in [0.15, 0.2) is 0 Å². The second-order valence-electron chi connectivity index (χ2n) is 10.1. The van der Waals surface area contributed by atoms with Crippen LogP contribution in [-0.2, 0) is 23.9 Å². The molecule has 1 N–H and O–H groups in total. The van der Waals surface area contributed by atoms with E-state index in [9.17, 15) is 23.2 Å². The summed E-state index contributed by atoms with van der Waals surface area (Å²) in [7, 11) is 0. The topological polar surface area (TPSA) is 89.9 Å². The van der Waals surface area contributed by atoms with Crippen LogP contribution in [-0.4, -0.2) is 40.6 Å². The summed E-state index contributed by atoms with van der Waals surface area (Å²) >= 11 is 0. The van der Waals surface area contributed by atoms with E-state index in [0.29, 0.717) is 25.7 Å². The van der Waals surface area contributed by atoms with Crippen molar-refractivity contribution in [1.29, 1.82) is 0 Å². The normalized spacial score (nSPS) is 35.4. The van der Waals surface area contributed by atoms with Crippen LogP contribution in [0.2, 0.25) is 0 Å². The minimum Gasteiger partial charge on any atom is -0.477 e. The number of hydrogen-bond acceptors (Lipinski definition) is 5. The molecule has 0 amide bonds. The molecular weight excluding hydrogens is 374 g/mol. The third-order valence-electron chi connectivity index (χ3n) is 6.43. The maximum atomic E-state index is 14.3. The van der Waals surface area contributed by atoms with Crippen molar-refractivity contribution in [2.75, 3.05) is 0 Å². The molecule has 0 heterocycles. The van der Waals surface area contributed by atoms with Gasteiger partial charge in [-0.3, -0.25) is 9.59 Å². The van der Waals surface area contributed by atoms with Crippen molar-refractivity contribution >= 4 is 17.9 Å². The van der Waals surface area contributed by atoms with Gasteiger partial charge in [-0.15, -0.1) is 0 Å². The van der Waals surface area contributed by atoms with Gasteiger partial charge in [0.25, 0.3) is 0 Å². The molecule has 4 aliphatic rings. The summed E-state index contributed by atoms with van der Waals surface area (Å²) in [5.74, 6) is -7.40. The van der Waals surface area contributed by atoms with Crippen molar-refractivity contribution in [1.82, 2.24) is 0 Å². The number of esters is 2. The molecule has 0 saturated heterocycles. The number of hydrogen-bond donors (Lipinski definition) is 1. The molecule has 4 rings (SSSR count). The Morgan fingerprint density at radius 3 is 2.04 bits per heavy atom. The number of alkyl halides is 2. The van der Waals surface area contributed by atoms with E-state index in [2.05, 4.69) is 0 Å². The number of halogens is 2. The summed E-state index contributed by atoms with van der Waals surface area (Å²) in [6.07, 6.45) is 1.43. The van der Waals surface area contributed by atoms with Crippen molar-refractivity contribution < 1.29 is 37.7 Å². The number of ether oxygens (including phenoxy) is 2. The largest absolute Gasteiger partial charge is 0.477 e. The molecule has 6 nitrogen and oxygen atoms in total. The zero-order valence-electron chi connectivity index (χ0n) is 16.7. The lowest BCUT2D eigenvalue weighted by molar-refractivity contribution is -0.232. The van der Waals surface area contributed by atoms with E-state index in [4.69, 9.17) is 14.6 Å². The van der Waals surface area contributed by atoms with Gasteiger partial charge >= 0.3 is 23.8 Å². The average molecular weight is 402 g/mol. The van der Waals surface area contributed by atoms with Gasteiger partial charge in [0, 0.05) is 18.8 Å². The second-order valence-corrected chi connectivity index (χ2v) is 10.1. The molecule has 4 bridgehead atoms. The molecule has 4 saturated carbocycles. The summed E-state index contributed by atoms with van der Waals surface area (Å²) in [4.78, 5) is 35.9. The predicted molar refractivity (Wildman–Crippen MR) is 93.5 cm³/mol. The van der Waals surface area contributed by atoms with Crippen LogP contribution in [0, 0.1) is 22.7 Å². The number of carbonyl (C=O) groups excluding carboxylic acids is 2. The van der Waals surface area contributed by atoms with Gasteiger partial charge in [0.05, 0.1) is 5.41 Å². The maximum absolute atomic E-state index is 14.3. The zero-order valence-corrected chi connectivity index (χ0v) is 16.7. The van der Waals surface area contributed by atoms with Crippen molar-refractivity contribution in [2.24, 2.45) is 22.7 Å². The highest BCUT2D eigenvalue weighted by Crippen LogP contribution is 2.63. The average Bonchev–Trinajstić information content (AvgIpc) is 2.48. The van der Waals surface area contributed by atoms with E-state index in [-0.39, 0.29) is 18.3 Å². The van der Waals surface area contributed by atoms with Crippen LogP contribution in [0.3, 0.4) is 0 Å². The summed E-state index contributed by atoms with van der Waals surface area (Å²) < 4.78 is 39.6. The van der Waals surface area contributed by atoms with Crippen LogP contribution < -0.4 is 0 Å². The molecular formula is C20H28F2O6. The van der Waals surface area contributed by atoms with E-state index in [1.165, 1.54) is 27.7 Å². The maximum Gasteiger partial charge on any atom is 0.379 e. The lowest BCUT2D eigenvalue weighted by Crippen LogP contribution is -2.61. The Hall–Kier alpha value is -1.73. The molecule has 4 aliphatic carbocycles. The summed E-state index contributed by atoms with van der Waals surface area (Å²) in [6.45, 7) is 5.58. The lowest BCUT2D eigenvalue weighted by Gasteiger charge is -2.60. The van der Waals surface area contributed by atoms with Crippen molar-refractivity contribution in [3.8, 4) is 0 Å². The molecule has 0 radical (unpaired) electrons.